The Morgan fingerprint density at radius 2 is 2.22 bits per heavy atom. The molecule has 0 aliphatic rings. The Kier molecular flexibility index (Phi) is 1.85. The van der Waals surface area contributed by atoms with E-state index in [1.807, 2.05) is 0 Å². The zero-order chi connectivity index (χ0) is 6.85. The molecule has 0 saturated carbocycles. The van der Waals surface area contributed by atoms with Crippen molar-refractivity contribution in [2.45, 2.75) is 6.43 Å². The van der Waals surface area contributed by atoms with Crippen LogP contribution in [0.3, 0.4) is 0 Å². The molecule has 1 rings (SSSR count). The van der Waals surface area contributed by atoms with Gasteiger partial charge in [-0.2, -0.15) is 0 Å². The molecule has 1 aromatic heterocycles. The van der Waals surface area contributed by atoms with Crippen LogP contribution in [-0.2, 0) is 0 Å². The van der Waals surface area contributed by atoms with E-state index in [4.69, 9.17) is 0 Å². The van der Waals surface area contributed by atoms with E-state index in [9.17, 15) is 8.78 Å². The molecule has 1 N–H and O–H groups in total. The minimum absolute atomic E-state index is 0.0602. The first-order valence-corrected chi connectivity index (χ1v) is 3.12. The van der Waals surface area contributed by atoms with Gasteiger partial charge in [0.15, 0.2) is 0 Å². The lowest BCUT2D eigenvalue weighted by molar-refractivity contribution is 0.146. The summed E-state index contributed by atoms with van der Waals surface area (Å²) in [7, 11) is 0. The summed E-state index contributed by atoms with van der Waals surface area (Å²) in [4.78, 5) is 2.41. The molecular formula is C5H4BrF2N. The van der Waals surface area contributed by atoms with Crippen LogP contribution in [0.5, 0.6) is 0 Å². The van der Waals surface area contributed by atoms with Crippen molar-refractivity contribution in [2.75, 3.05) is 0 Å². The van der Waals surface area contributed by atoms with Crippen molar-refractivity contribution in [3.8, 4) is 0 Å². The summed E-state index contributed by atoms with van der Waals surface area (Å²) >= 11 is 2.96. The molecule has 0 spiro atoms. The van der Waals surface area contributed by atoms with Crippen LogP contribution in [-0.4, -0.2) is 4.98 Å². The molecule has 4 heteroatoms. The van der Waals surface area contributed by atoms with Crippen molar-refractivity contribution in [1.29, 1.82) is 0 Å². The van der Waals surface area contributed by atoms with Crippen LogP contribution >= 0.6 is 15.9 Å². The van der Waals surface area contributed by atoms with Crippen LogP contribution in [0.4, 0.5) is 8.78 Å². The number of halogens is 3. The molecule has 50 valence electrons. The Bertz CT molecular complexity index is 197. The normalized spacial score (nSPS) is 10.7. The lowest BCUT2D eigenvalue weighted by Crippen LogP contribution is -1.82. The topological polar surface area (TPSA) is 15.8 Å². The van der Waals surface area contributed by atoms with E-state index in [-0.39, 0.29) is 5.69 Å². The highest BCUT2D eigenvalue weighted by atomic mass is 79.9. The molecule has 0 aromatic carbocycles. The number of rotatable bonds is 1. The number of aromatic amines is 1. The summed E-state index contributed by atoms with van der Waals surface area (Å²) in [5.74, 6) is 0. The van der Waals surface area contributed by atoms with E-state index >= 15 is 0 Å². The minimum atomic E-state index is -2.42. The maximum absolute atomic E-state index is 11.8. The van der Waals surface area contributed by atoms with Crippen LogP contribution in [0, 0.1) is 0 Å². The predicted molar refractivity (Wildman–Crippen MR) is 33.4 cm³/mol. The summed E-state index contributed by atoms with van der Waals surface area (Å²) in [5, 5.41) is 0. The van der Waals surface area contributed by atoms with Gasteiger partial charge in [-0.3, -0.25) is 0 Å². The van der Waals surface area contributed by atoms with E-state index in [1.54, 1.807) is 6.07 Å². The number of aromatic nitrogens is 1. The van der Waals surface area contributed by atoms with Crippen molar-refractivity contribution in [3.63, 3.8) is 0 Å². The molecule has 1 heterocycles. The molecule has 0 saturated heterocycles. The summed E-state index contributed by atoms with van der Waals surface area (Å²) < 4.78 is 24.0. The summed E-state index contributed by atoms with van der Waals surface area (Å²) in [6, 6.07) is 1.54. The third-order valence-corrected chi connectivity index (χ3v) is 1.64. The van der Waals surface area contributed by atoms with Gasteiger partial charge in [-0.05, 0) is 22.0 Å². The van der Waals surface area contributed by atoms with Crippen molar-refractivity contribution < 1.29 is 8.78 Å². The van der Waals surface area contributed by atoms with Gasteiger partial charge in [0.05, 0.1) is 5.69 Å². The summed E-state index contributed by atoms with van der Waals surface area (Å²) in [6.07, 6.45) is -0.958. The van der Waals surface area contributed by atoms with E-state index in [0.29, 0.717) is 4.47 Å². The first-order chi connectivity index (χ1) is 4.22. The SMILES string of the molecule is FC(F)c1[nH]ccc1Br. The predicted octanol–water partition coefficient (Wildman–Crippen LogP) is 2.71. The van der Waals surface area contributed by atoms with E-state index < -0.39 is 6.43 Å². The minimum Gasteiger partial charge on any atom is -0.359 e. The Balaban J connectivity index is 2.94. The molecule has 0 unspecified atom stereocenters. The van der Waals surface area contributed by atoms with Crippen LogP contribution in [0.15, 0.2) is 16.7 Å². The van der Waals surface area contributed by atoms with Gasteiger partial charge in [-0.25, -0.2) is 8.78 Å². The number of alkyl halides is 2. The van der Waals surface area contributed by atoms with Gasteiger partial charge in [0.2, 0.25) is 0 Å². The monoisotopic (exact) mass is 195 g/mol. The Morgan fingerprint density at radius 1 is 1.56 bits per heavy atom. The highest BCUT2D eigenvalue weighted by Crippen LogP contribution is 2.24. The molecule has 9 heavy (non-hydrogen) atoms. The quantitative estimate of drug-likeness (QED) is 0.710. The van der Waals surface area contributed by atoms with Gasteiger partial charge in [-0.1, -0.05) is 0 Å². The van der Waals surface area contributed by atoms with Crippen LogP contribution in [0.2, 0.25) is 0 Å². The Morgan fingerprint density at radius 3 is 2.44 bits per heavy atom. The van der Waals surface area contributed by atoms with Gasteiger partial charge in [0.25, 0.3) is 6.43 Å². The second kappa shape index (κ2) is 2.47. The molecule has 1 aromatic rings. The highest BCUT2D eigenvalue weighted by Gasteiger charge is 2.10. The molecule has 0 atom stereocenters. The van der Waals surface area contributed by atoms with Crippen molar-refractivity contribution in [2.24, 2.45) is 0 Å². The first-order valence-electron chi connectivity index (χ1n) is 2.32. The second-order valence-electron chi connectivity index (χ2n) is 1.54. The molecule has 0 fully saturated rings. The van der Waals surface area contributed by atoms with Crippen molar-refractivity contribution in [1.82, 2.24) is 4.98 Å². The molecule has 0 radical (unpaired) electrons. The average Bonchev–Trinajstić information content (AvgIpc) is 2.13. The highest BCUT2D eigenvalue weighted by molar-refractivity contribution is 9.10. The van der Waals surface area contributed by atoms with Crippen LogP contribution in [0.1, 0.15) is 12.1 Å². The van der Waals surface area contributed by atoms with Crippen LogP contribution in [0.25, 0.3) is 0 Å². The first kappa shape index (κ1) is 6.74. The van der Waals surface area contributed by atoms with Gasteiger partial charge in [0, 0.05) is 10.7 Å². The van der Waals surface area contributed by atoms with Crippen molar-refractivity contribution in [3.05, 3.63) is 22.4 Å². The van der Waals surface area contributed by atoms with Gasteiger partial charge in [-0.15, -0.1) is 0 Å². The summed E-state index contributed by atoms with van der Waals surface area (Å²) in [5.41, 5.74) is -0.0602. The molecule has 0 amide bonds. The zero-order valence-electron chi connectivity index (χ0n) is 4.37. The fourth-order valence-corrected chi connectivity index (χ4v) is 0.950. The van der Waals surface area contributed by atoms with Gasteiger partial charge >= 0.3 is 0 Å². The van der Waals surface area contributed by atoms with E-state index in [2.05, 4.69) is 20.9 Å². The van der Waals surface area contributed by atoms with E-state index in [0.717, 1.165) is 0 Å². The maximum Gasteiger partial charge on any atom is 0.279 e. The lowest BCUT2D eigenvalue weighted by Gasteiger charge is -1.92. The largest absolute Gasteiger partial charge is 0.359 e. The second-order valence-corrected chi connectivity index (χ2v) is 2.39. The smallest absolute Gasteiger partial charge is 0.279 e. The number of nitrogens with one attached hydrogen (secondary N) is 1. The molecule has 0 aliphatic heterocycles. The zero-order valence-corrected chi connectivity index (χ0v) is 5.95. The Hall–Kier alpha value is -0.380. The third kappa shape index (κ3) is 1.30. The Labute approximate surface area is 59.2 Å². The standard InChI is InChI=1S/C5H4BrF2N/c6-3-1-2-9-4(3)5(7)8/h1-2,5,9H. The fourth-order valence-electron chi connectivity index (χ4n) is 0.531. The summed E-state index contributed by atoms with van der Waals surface area (Å²) in [6.45, 7) is 0. The molecule has 0 bridgehead atoms. The number of hydrogen-bond acceptors (Lipinski definition) is 0. The molecular weight excluding hydrogens is 192 g/mol. The lowest BCUT2D eigenvalue weighted by atomic mass is 10.5. The van der Waals surface area contributed by atoms with Gasteiger partial charge < -0.3 is 4.98 Å². The molecule has 0 aliphatic carbocycles. The van der Waals surface area contributed by atoms with Gasteiger partial charge in [0.1, 0.15) is 0 Å². The number of hydrogen-bond donors (Lipinski definition) is 1. The van der Waals surface area contributed by atoms with Crippen molar-refractivity contribution >= 4 is 15.9 Å². The molecule has 1 nitrogen and oxygen atoms in total. The third-order valence-electron chi connectivity index (χ3n) is 0.944. The maximum atomic E-state index is 11.8. The fraction of sp³-hybridized carbons (Fsp3) is 0.200. The average molecular weight is 196 g/mol. The van der Waals surface area contributed by atoms with E-state index in [1.165, 1.54) is 6.20 Å². The number of H-pyrrole nitrogens is 1. The van der Waals surface area contributed by atoms with Crippen LogP contribution < -0.4 is 0 Å².